The summed E-state index contributed by atoms with van der Waals surface area (Å²) in [6.45, 7) is 10.9. The van der Waals surface area contributed by atoms with Gasteiger partial charge in [-0.1, -0.05) is 39.0 Å². The van der Waals surface area contributed by atoms with E-state index in [9.17, 15) is 4.79 Å². The van der Waals surface area contributed by atoms with Crippen molar-refractivity contribution in [3.63, 3.8) is 0 Å². The Hall–Kier alpha value is -1.15. The normalized spacial score (nSPS) is 16.4. The molecule has 98 valence electrons. The first-order valence-electron chi connectivity index (χ1n) is 6.70. The topological polar surface area (TPSA) is 20.3 Å². The summed E-state index contributed by atoms with van der Waals surface area (Å²) in [6, 6.07) is 6.84. The van der Waals surface area contributed by atoms with Crippen LogP contribution in [-0.2, 0) is 23.2 Å². The second-order valence-electron chi connectivity index (χ2n) is 6.40. The molecule has 0 unspecified atom stereocenters. The van der Waals surface area contributed by atoms with Crippen LogP contribution in [-0.4, -0.2) is 23.8 Å². The zero-order chi connectivity index (χ0) is 13.3. The van der Waals surface area contributed by atoms with Crippen LogP contribution in [0, 0.1) is 0 Å². The molecule has 0 N–H and O–H groups in total. The Labute approximate surface area is 110 Å². The van der Waals surface area contributed by atoms with E-state index in [1.807, 2.05) is 0 Å². The highest BCUT2D eigenvalue weighted by Gasteiger charge is 2.20. The van der Waals surface area contributed by atoms with Gasteiger partial charge in [-0.2, -0.15) is 0 Å². The third-order valence-corrected chi connectivity index (χ3v) is 3.61. The molecule has 2 rings (SSSR count). The minimum atomic E-state index is 0.192. The Bertz CT molecular complexity index is 457. The molecule has 1 aromatic rings. The van der Waals surface area contributed by atoms with E-state index in [2.05, 4.69) is 43.9 Å². The van der Waals surface area contributed by atoms with Gasteiger partial charge in [-0.3, -0.25) is 9.69 Å². The molecule has 0 saturated carbocycles. The summed E-state index contributed by atoms with van der Waals surface area (Å²) in [5, 5.41) is 0. The Morgan fingerprint density at radius 1 is 1.28 bits per heavy atom. The monoisotopic (exact) mass is 245 g/mol. The number of hydrogen-bond donors (Lipinski definition) is 0. The van der Waals surface area contributed by atoms with Gasteiger partial charge >= 0.3 is 0 Å². The van der Waals surface area contributed by atoms with Crippen molar-refractivity contribution in [1.29, 1.82) is 0 Å². The first kappa shape index (κ1) is 13.3. The lowest BCUT2D eigenvalue weighted by molar-refractivity contribution is -0.118. The van der Waals surface area contributed by atoms with Crippen molar-refractivity contribution in [2.75, 3.05) is 13.1 Å². The van der Waals surface area contributed by atoms with Crippen LogP contribution in [0.3, 0.4) is 0 Å². The SMILES string of the molecule is CC(=O)CN1CCc2ccc(C(C)(C)C)cc2C1. The molecule has 1 heterocycles. The summed E-state index contributed by atoms with van der Waals surface area (Å²) in [7, 11) is 0. The number of carbonyl (C=O) groups is 1. The lowest BCUT2D eigenvalue weighted by Gasteiger charge is -2.29. The van der Waals surface area contributed by atoms with Gasteiger partial charge in [-0.05, 0) is 35.4 Å². The third-order valence-electron chi connectivity index (χ3n) is 3.61. The van der Waals surface area contributed by atoms with Crippen LogP contribution < -0.4 is 0 Å². The Kier molecular flexibility index (Phi) is 3.58. The number of fused-ring (bicyclic) bond motifs is 1. The van der Waals surface area contributed by atoms with Gasteiger partial charge in [0, 0.05) is 13.1 Å². The van der Waals surface area contributed by atoms with E-state index in [-0.39, 0.29) is 11.2 Å². The molecule has 2 nitrogen and oxygen atoms in total. The first-order valence-corrected chi connectivity index (χ1v) is 6.70. The molecule has 1 aliphatic rings. The average molecular weight is 245 g/mol. The van der Waals surface area contributed by atoms with Gasteiger partial charge in [0.15, 0.2) is 0 Å². The number of rotatable bonds is 2. The lowest BCUT2D eigenvalue weighted by Crippen LogP contribution is -2.34. The van der Waals surface area contributed by atoms with Crippen LogP contribution in [0.2, 0.25) is 0 Å². The number of Topliss-reactive ketones (excluding diaryl/α,β-unsaturated/α-hetero) is 1. The Balaban J connectivity index is 2.22. The van der Waals surface area contributed by atoms with Gasteiger partial charge in [-0.15, -0.1) is 0 Å². The second-order valence-corrected chi connectivity index (χ2v) is 6.40. The highest BCUT2D eigenvalue weighted by molar-refractivity contribution is 5.77. The van der Waals surface area contributed by atoms with Crippen molar-refractivity contribution in [3.05, 3.63) is 34.9 Å². The number of hydrogen-bond acceptors (Lipinski definition) is 2. The van der Waals surface area contributed by atoms with Crippen LogP contribution in [0.1, 0.15) is 44.4 Å². The maximum Gasteiger partial charge on any atom is 0.143 e. The summed E-state index contributed by atoms with van der Waals surface area (Å²) in [4.78, 5) is 13.5. The quantitative estimate of drug-likeness (QED) is 0.798. The summed E-state index contributed by atoms with van der Waals surface area (Å²) in [5.41, 5.74) is 4.42. The fourth-order valence-electron chi connectivity index (χ4n) is 2.53. The highest BCUT2D eigenvalue weighted by atomic mass is 16.1. The molecule has 0 radical (unpaired) electrons. The average Bonchev–Trinajstić information content (AvgIpc) is 2.26. The van der Waals surface area contributed by atoms with Gasteiger partial charge in [0.25, 0.3) is 0 Å². The predicted octanol–water partition coefficient (Wildman–Crippen LogP) is 2.93. The van der Waals surface area contributed by atoms with Crippen molar-refractivity contribution >= 4 is 5.78 Å². The first-order chi connectivity index (χ1) is 8.36. The molecule has 0 aliphatic carbocycles. The van der Waals surface area contributed by atoms with Crippen LogP contribution in [0.25, 0.3) is 0 Å². The van der Waals surface area contributed by atoms with Gasteiger partial charge in [0.05, 0.1) is 6.54 Å². The van der Waals surface area contributed by atoms with Gasteiger partial charge < -0.3 is 0 Å². The van der Waals surface area contributed by atoms with Crippen molar-refractivity contribution in [2.24, 2.45) is 0 Å². The van der Waals surface area contributed by atoms with E-state index in [0.29, 0.717) is 6.54 Å². The van der Waals surface area contributed by atoms with E-state index in [0.717, 1.165) is 19.5 Å². The molecule has 0 amide bonds. The van der Waals surface area contributed by atoms with Crippen molar-refractivity contribution in [1.82, 2.24) is 4.90 Å². The number of nitrogens with zero attached hydrogens (tertiary/aromatic N) is 1. The molecule has 0 atom stereocenters. The molecule has 0 fully saturated rings. The minimum absolute atomic E-state index is 0.192. The van der Waals surface area contributed by atoms with Gasteiger partial charge in [-0.25, -0.2) is 0 Å². The summed E-state index contributed by atoms with van der Waals surface area (Å²) in [5.74, 6) is 0.255. The molecule has 1 aromatic carbocycles. The second kappa shape index (κ2) is 4.85. The Morgan fingerprint density at radius 3 is 2.61 bits per heavy atom. The van der Waals surface area contributed by atoms with E-state index < -0.39 is 0 Å². The number of ketones is 1. The summed E-state index contributed by atoms with van der Waals surface area (Å²) < 4.78 is 0. The van der Waals surface area contributed by atoms with Crippen molar-refractivity contribution < 1.29 is 4.79 Å². The minimum Gasteiger partial charge on any atom is -0.299 e. The van der Waals surface area contributed by atoms with Crippen LogP contribution in [0.4, 0.5) is 0 Å². The van der Waals surface area contributed by atoms with Crippen LogP contribution in [0.15, 0.2) is 18.2 Å². The zero-order valence-electron chi connectivity index (χ0n) is 11.9. The molecule has 0 spiro atoms. The van der Waals surface area contributed by atoms with Gasteiger partial charge in [0.2, 0.25) is 0 Å². The molecule has 18 heavy (non-hydrogen) atoms. The standard InChI is InChI=1S/C16H23NO/c1-12(18)10-17-8-7-13-5-6-15(16(2,3)4)9-14(13)11-17/h5-6,9H,7-8,10-11H2,1-4H3. The van der Waals surface area contributed by atoms with E-state index in [1.165, 1.54) is 16.7 Å². The van der Waals surface area contributed by atoms with Crippen LogP contribution >= 0.6 is 0 Å². The van der Waals surface area contributed by atoms with Crippen molar-refractivity contribution in [2.45, 2.75) is 46.1 Å². The van der Waals surface area contributed by atoms with E-state index >= 15 is 0 Å². The third kappa shape index (κ3) is 2.99. The molecule has 0 aromatic heterocycles. The number of benzene rings is 1. The van der Waals surface area contributed by atoms with Crippen LogP contribution in [0.5, 0.6) is 0 Å². The van der Waals surface area contributed by atoms with E-state index in [1.54, 1.807) is 6.92 Å². The maximum atomic E-state index is 11.2. The van der Waals surface area contributed by atoms with Crippen molar-refractivity contribution in [3.8, 4) is 0 Å². The zero-order valence-corrected chi connectivity index (χ0v) is 11.9. The van der Waals surface area contributed by atoms with Gasteiger partial charge in [0.1, 0.15) is 5.78 Å². The fourth-order valence-corrected chi connectivity index (χ4v) is 2.53. The summed E-state index contributed by atoms with van der Waals surface area (Å²) >= 11 is 0. The lowest BCUT2D eigenvalue weighted by atomic mass is 9.84. The largest absolute Gasteiger partial charge is 0.299 e. The smallest absolute Gasteiger partial charge is 0.143 e. The number of carbonyl (C=O) groups excluding carboxylic acids is 1. The molecular weight excluding hydrogens is 222 g/mol. The molecule has 0 saturated heterocycles. The molecule has 0 bridgehead atoms. The summed E-state index contributed by atoms with van der Waals surface area (Å²) in [6.07, 6.45) is 1.06. The molecule has 1 aliphatic heterocycles. The molecular formula is C16H23NO. The van der Waals surface area contributed by atoms with E-state index in [4.69, 9.17) is 0 Å². The highest BCUT2D eigenvalue weighted by Crippen LogP contribution is 2.27. The predicted molar refractivity (Wildman–Crippen MR) is 74.8 cm³/mol. The fraction of sp³-hybridized carbons (Fsp3) is 0.562. The Morgan fingerprint density at radius 2 is 2.00 bits per heavy atom. The molecule has 2 heteroatoms. The maximum absolute atomic E-state index is 11.2.